The smallest absolute Gasteiger partial charge is 0.244 e. The van der Waals surface area contributed by atoms with Crippen LogP contribution in [0.3, 0.4) is 0 Å². The molecule has 0 aliphatic carbocycles. The number of allylic oxidation sites excluding steroid dienone is 9. The highest BCUT2D eigenvalue weighted by Gasteiger charge is 2.17. The maximum Gasteiger partial charge on any atom is 0.244 e. The zero-order chi connectivity index (χ0) is 23.8. The molecule has 0 saturated carbocycles. The van der Waals surface area contributed by atoms with Gasteiger partial charge in [0.1, 0.15) is 0 Å². The van der Waals surface area contributed by atoms with Crippen LogP contribution in [0, 0.1) is 0 Å². The number of aliphatic hydroxyl groups excluding tert-OH is 3. The lowest BCUT2D eigenvalue weighted by Gasteiger charge is -2.17. The number of rotatable bonds is 4. The van der Waals surface area contributed by atoms with Crippen molar-refractivity contribution < 1.29 is 20.1 Å². The summed E-state index contributed by atoms with van der Waals surface area (Å²) in [5, 5.41) is 33.5. The van der Waals surface area contributed by atoms with E-state index in [0.717, 1.165) is 30.4 Å². The van der Waals surface area contributed by atoms with E-state index in [-0.39, 0.29) is 18.4 Å². The van der Waals surface area contributed by atoms with Crippen molar-refractivity contribution >= 4 is 5.91 Å². The van der Waals surface area contributed by atoms with E-state index in [1.54, 1.807) is 37.3 Å². The quantitative estimate of drug-likeness (QED) is 0.492. The Kier molecular flexibility index (Phi) is 14.0. The molecule has 4 N–H and O–H groups in total. The van der Waals surface area contributed by atoms with Crippen LogP contribution in [0.1, 0.15) is 52.9 Å². The molecule has 0 saturated heterocycles. The Morgan fingerprint density at radius 2 is 1.78 bits per heavy atom. The van der Waals surface area contributed by atoms with Gasteiger partial charge < -0.3 is 20.6 Å². The molecular weight excluding hydrogens is 402 g/mol. The number of hydrogen-bond donors (Lipinski definition) is 4. The summed E-state index contributed by atoms with van der Waals surface area (Å²) < 4.78 is 0. The molecule has 5 nitrogen and oxygen atoms in total. The first-order chi connectivity index (χ1) is 15.3. The van der Waals surface area contributed by atoms with Gasteiger partial charge in [0.05, 0.1) is 18.3 Å². The van der Waals surface area contributed by atoms with Crippen LogP contribution in [-0.2, 0) is 4.79 Å². The SMILES string of the molecule is CCC/C=C/CC1C/C=C/C=C(C)/C=C/C(O)CC(O)C(O)\C=C(C)/C=C/C=C/C(=O)N1. The second kappa shape index (κ2) is 16.2. The zero-order valence-corrected chi connectivity index (χ0v) is 19.5. The van der Waals surface area contributed by atoms with Gasteiger partial charge >= 0.3 is 0 Å². The summed E-state index contributed by atoms with van der Waals surface area (Å²) in [6.45, 7) is 5.85. The van der Waals surface area contributed by atoms with Gasteiger partial charge in [0.2, 0.25) is 5.91 Å². The molecule has 0 aromatic heterocycles. The summed E-state index contributed by atoms with van der Waals surface area (Å²) in [6, 6.07) is -0.00424. The Morgan fingerprint density at radius 3 is 2.53 bits per heavy atom. The number of hydrogen-bond acceptors (Lipinski definition) is 4. The van der Waals surface area contributed by atoms with Crippen LogP contribution in [-0.4, -0.2) is 45.6 Å². The molecule has 4 atom stereocenters. The fraction of sp³-hybridized carbons (Fsp3) is 0.444. The number of nitrogens with one attached hydrogen (secondary N) is 1. The largest absolute Gasteiger partial charge is 0.390 e. The van der Waals surface area contributed by atoms with Crippen LogP contribution in [0.25, 0.3) is 0 Å². The molecule has 0 fully saturated rings. The number of carbonyl (C=O) groups excluding carboxylic acids is 1. The fourth-order valence-electron chi connectivity index (χ4n) is 3.04. The summed E-state index contributed by atoms with van der Waals surface area (Å²) in [4.78, 5) is 12.3. The first-order valence-corrected chi connectivity index (χ1v) is 11.4. The Hall–Kier alpha value is -2.47. The van der Waals surface area contributed by atoms with E-state index < -0.39 is 18.3 Å². The van der Waals surface area contributed by atoms with Gasteiger partial charge in [-0.2, -0.15) is 0 Å². The first kappa shape index (κ1) is 27.6. The number of carbonyl (C=O) groups is 1. The molecule has 1 aliphatic rings. The average Bonchev–Trinajstić information content (AvgIpc) is 2.74. The monoisotopic (exact) mass is 441 g/mol. The van der Waals surface area contributed by atoms with E-state index in [2.05, 4.69) is 24.4 Å². The Bertz CT molecular complexity index is 771. The summed E-state index contributed by atoms with van der Waals surface area (Å²) in [5.74, 6) is -0.160. The summed E-state index contributed by atoms with van der Waals surface area (Å²) >= 11 is 0. The van der Waals surface area contributed by atoms with Crippen LogP contribution >= 0.6 is 0 Å². The van der Waals surface area contributed by atoms with Crippen molar-refractivity contribution in [2.24, 2.45) is 0 Å². The molecule has 0 bridgehead atoms. The molecule has 1 rings (SSSR count). The normalized spacial score (nSPS) is 33.9. The number of unbranched alkanes of at least 4 members (excludes halogenated alkanes) is 1. The second-order valence-corrected chi connectivity index (χ2v) is 8.12. The molecule has 0 radical (unpaired) electrons. The van der Waals surface area contributed by atoms with Crippen molar-refractivity contribution in [3.05, 3.63) is 84.1 Å². The Labute approximate surface area is 192 Å². The molecule has 1 aliphatic heterocycles. The highest BCUT2D eigenvalue weighted by Crippen LogP contribution is 2.10. The first-order valence-electron chi connectivity index (χ1n) is 11.4. The molecule has 1 heterocycles. The maximum absolute atomic E-state index is 12.3. The minimum atomic E-state index is -1.10. The van der Waals surface area contributed by atoms with Crippen LogP contribution in [0.4, 0.5) is 0 Å². The van der Waals surface area contributed by atoms with Crippen molar-refractivity contribution in [3.63, 3.8) is 0 Å². The van der Waals surface area contributed by atoms with E-state index in [9.17, 15) is 20.1 Å². The van der Waals surface area contributed by atoms with E-state index in [4.69, 9.17) is 0 Å². The average molecular weight is 442 g/mol. The summed E-state index contributed by atoms with van der Waals surface area (Å²) in [5.41, 5.74) is 1.68. The third kappa shape index (κ3) is 13.1. The maximum atomic E-state index is 12.3. The summed E-state index contributed by atoms with van der Waals surface area (Å²) in [6.07, 6.45) is 22.2. The fourth-order valence-corrected chi connectivity index (χ4v) is 3.04. The second-order valence-electron chi connectivity index (χ2n) is 8.12. The zero-order valence-electron chi connectivity index (χ0n) is 19.5. The highest BCUT2D eigenvalue weighted by atomic mass is 16.3. The van der Waals surface area contributed by atoms with Crippen molar-refractivity contribution in [3.8, 4) is 0 Å². The van der Waals surface area contributed by atoms with Gasteiger partial charge in [-0.3, -0.25) is 4.79 Å². The van der Waals surface area contributed by atoms with Crippen LogP contribution in [0.2, 0.25) is 0 Å². The van der Waals surface area contributed by atoms with Crippen molar-refractivity contribution in [2.45, 2.75) is 77.2 Å². The molecule has 5 heteroatoms. The van der Waals surface area contributed by atoms with E-state index >= 15 is 0 Å². The summed E-state index contributed by atoms with van der Waals surface area (Å²) in [7, 11) is 0. The molecule has 4 unspecified atom stereocenters. The molecule has 1 amide bonds. The Morgan fingerprint density at radius 1 is 1.03 bits per heavy atom. The van der Waals surface area contributed by atoms with Gasteiger partial charge in [0, 0.05) is 18.5 Å². The molecule has 0 spiro atoms. The minimum Gasteiger partial charge on any atom is -0.390 e. The van der Waals surface area contributed by atoms with E-state index in [0.29, 0.717) is 6.42 Å². The topological polar surface area (TPSA) is 89.8 Å². The predicted octanol–water partition coefficient (Wildman–Crippen LogP) is 4.21. The number of aliphatic hydroxyl groups is 3. The van der Waals surface area contributed by atoms with E-state index in [1.165, 1.54) is 12.2 Å². The minimum absolute atomic E-state index is 0.00424. The van der Waals surface area contributed by atoms with Crippen LogP contribution in [0.15, 0.2) is 84.1 Å². The molecule has 32 heavy (non-hydrogen) atoms. The van der Waals surface area contributed by atoms with Crippen molar-refractivity contribution in [2.75, 3.05) is 0 Å². The third-order valence-electron chi connectivity index (χ3n) is 4.91. The van der Waals surface area contributed by atoms with Gasteiger partial charge in [-0.15, -0.1) is 0 Å². The number of amides is 1. The van der Waals surface area contributed by atoms with Crippen molar-refractivity contribution in [1.82, 2.24) is 5.32 Å². The lowest BCUT2D eigenvalue weighted by molar-refractivity contribution is -0.117. The lowest BCUT2D eigenvalue weighted by Crippen LogP contribution is -2.32. The molecule has 176 valence electrons. The lowest BCUT2D eigenvalue weighted by atomic mass is 10.0. The van der Waals surface area contributed by atoms with Gasteiger partial charge in [0.25, 0.3) is 0 Å². The van der Waals surface area contributed by atoms with Crippen molar-refractivity contribution in [1.29, 1.82) is 0 Å². The molecular formula is C27H39NO4. The van der Waals surface area contributed by atoms with E-state index in [1.807, 2.05) is 25.2 Å². The molecule has 0 aromatic rings. The van der Waals surface area contributed by atoms with Crippen LogP contribution in [0.5, 0.6) is 0 Å². The third-order valence-corrected chi connectivity index (χ3v) is 4.91. The Balaban J connectivity index is 3.02. The van der Waals surface area contributed by atoms with Crippen LogP contribution < -0.4 is 5.32 Å². The van der Waals surface area contributed by atoms with Gasteiger partial charge in [-0.05, 0) is 33.1 Å². The predicted molar refractivity (Wildman–Crippen MR) is 132 cm³/mol. The highest BCUT2D eigenvalue weighted by molar-refractivity contribution is 5.88. The van der Waals surface area contributed by atoms with Gasteiger partial charge in [0.15, 0.2) is 0 Å². The molecule has 0 aromatic carbocycles. The van der Waals surface area contributed by atoms with Gasteiger partial charge in [-0.1, -0.05) is 91.3 Å². The standard InChI is InChI=1S/C27H39NO4/c1-4-5-6-7-14-23-15-10-8-12-21(2)17-18-24(29)20-26(31)25(30)19-22(3)13-9-11-16-27(32)28-23/h6-13,16-19,23-26,29-31H,4-5,14-15,20H2,1-3H3,(H,28,32)/b7-6+,10-8+,13-9+,16-11+,18-17+,21-12+,22-19-. The van der Waals surface area contributed by atoms with Gasteiger partial charge in [-0.25, -0.2) is 0 Å².